The van der Waals surface area contributed by atoms with E-state index in [1.165, 1.54) is 11.1 Å². The van der Waals surface area contributed by atoms with Crippen LogP contribution in [0.1, 0.15) is 61.2 Å². The molecule has 2 amide bonds. The molecule has 12 heteroatoms. The molecular formula is C44H48N4O8. The summed E-state index contributed by atoms with van der Waals surface area (Å²) in [7, 11) is 0. The van der Waals surface area contributed by atoms with Gasteiger partial charge in [-0.2, -0.15) is 0 Å². The van der Waals surface area contributed by atoms with Crippen LogP contribution in [0.5, 0.6) is 11.5 Å². The molecule has 4 unspecified atom stereocenters. The van der Waals surface area contributed by atoms with Crippen LogP contribution in [0.25, 0.3) is 0 Å². The van der Waals surface area contributed by atoms with Gasteiger partial charge in [-0.1, -0.05) is 72.8 Å². The number of fused-ring (bicyclic) bond motifs is 2. The Labute approximate surface area is 326 Å². The Morgan fingerprint density at radius 1 is 0.643 bits per heavy atom. The molecule has 0 aliphatic carbocycles. The maximum absolute atomic E-state index is 13.3. The van der Waals surface area contributed by atoms with E-state index in [0.717, 1.165) is 37.8 Å². The summed E-state index contributed by atoms with van der Waals surface area (Å²) in [4.78, 5) is 50.2. The number of amides is 2. The van der Waals surface area contributed by atoms with E-state index in [4.69, 9.17) is 18.9 Å². The lowest BCUT2D eigenvalue weighted by Crippen LogP contribution is -2.33. The second-order valence-electron chi connectivity index (χ2n) is 14.0. The fraction of sp³-hybridized carbons (Fsp3) is 0.318. The number of esters is 2. The van der Waals surface area contributed by atoms with Crippen molar-refractivity contribution in [3.8, 4) is 11.5 Å². The molecule has 2 aliphatic rings. The number of ether oxygens (including phenoxy) is 4. The predicted molar refractivity (Wildman–Crippen MR) is 212 cm³/mol. The molecule has 0 saturated carbocycles. The molecule has 12 nitrogen and oxygen atoms in total. The summed E-state index contributed by atoms with van der Waals surface area (Å²) in [5.41, 5.74) is 4.85. The van der Waals surface area contributed by atoms with E-state index in [-0.39, 0.29) is 37.1 Å². The molecule has 4 aromatic rings. The van der Waals surface area contributed by atoms with Crippen molar-refractivity contribution in [1.29, 1.82) is 0 Å². The molecule has 6 rings (SSSR count). The van der Waals surface area contributed by atoms with Crippen molar-refractivity contribution in [3.05, 3.63) is 131 Å². The highest BCUT2D eigenvalue weighted by Gasteiger charge is 2.24. The first-order valence-corrected chi connectivity index (χ1v) is 19.0. The number of hydrogen-bond acceptors (Lipinski definition) is 10. The molecule has 0 bridgehead atoms. The lowest BCUT2D eigenvalue weighted by Gasteiger charge is -2.24. The molecule has 2 aliphatic heterocycles. The molecular weight excluding hydrogens is 713 g/mol. The number of carbonyl (C=O) groups is 4. The van der Waals surface area contributed by atoms with Gasteiger partial charge in [0, 0.05) is 37.3 Å². The third-order valence-corrected chi connectivity index (χ3v) is 9.61. The first-order chi connectivity index (χ1) is 27.2. The summed E-state index contributed by atoms with van der Waals surface area (Å²) >= 11 is 0. The first kappa shape index (κ1) is 39.7. The molecule has 0 aromatic heterocycles. The molecule has 292 valence electrons. The SMILES string of the molecule is CC(CCc1ccccc1)NCC(OC(=O)/C=C\C(=O)OC(CNC(C)CCc1ccccc1)c1ccc2c(c1)OCC(=O)N2)c1ccc2c(c1)OCC(=O)N2. The van der Waals surface area contributed by atoms with Gasteiger partial charge in [-0.05, 0) is 86.1 Å². The third kappa shape index (κ3) is 11.8. The average molecular weight is 761 g/mol. The Hall–Kier alpha value is -5.98. The van der Waals surface area contributed by atoms with Gasteiger partial charge >= 0.3 is 11.9 Å². The lowest BCUT2D eigenvalue weighted by molar-refractivity contribution is -0.146. The topological polar surface area (TPSA) is 153 Å². The van der Waals surface area contributed by atoms with Gasteiger partial charge in [-0.3, -0.25) is 9.59 Å². The second-order valence-corrected chi connectivity index (χ2v) is 14.0. The molecule has 4 aromatic carbocycles. The molecule has 0 saturated heterocycles. The highest BCUT2D eigenvalue weighted by molar-refractivity contribution is 5.96. The highest BCUT2D eigenvalue weighted by Crippen LogP contribution is 2.33. The summed E-state index contributed by atoms with van der Waals surface area (Å²) < 4.78 is 23.1. The standard InChI is InChI=1S/C44H48N4O8/c1-29(13-15-31-9-5-3-6-10-31)45-25-39(33-17-19-35-37(23-33)53-27-41(49)47-35)55-43(51)21-22-44(52)56-40(26-46-30(2)14-16-32-11-7-4-8-12-32)34-18-20-36-38(24-34)54-28-42(50)48-36/h3-12,17-24,29-30,39-40,45-46H,13-16,25-28H2,1-2H3,(H,47,49)(H,48,50)/b22-21-. The summed E-state index contributed by atoms with van der Waals surface area (Å²) in [6, 6.07) is 31.1. The Bertz CT molecular complexity index is 1860. The van der Waals surface area contributed by atoms with E-state index in [9.17, 15) is 19.2 Å². The maximum Gasteiger partial charge on any atom is 0.331 e. The quantitative estimate of drug-likeness (QED) is 0.0703. The van der Waals surface area contributed by atoms with Crippen molar-refractivity contribution in [3.63, 3.8) is 0 Å². The van der Waals surface area contributed by atoms with Crippen LogP contribution in [0.3, 0.4) is 0 Å². The molecule has 0 radical (unpaired) electrons. The van der Waals surface area contributed by atoms with E-state index in [1.54, 1.807) is 36.4 Å². The van der Waals surface area contributed by atoms with Crippen LogP contribution in [-0.2, 0) is 41.5 Å². The maximum atomic E-state index is 13.3. The minimum atomic E-state index is -0.737. The summed E-state index contributed by atoms with van der Waals surface area (Å²) in [5, 5.41) is 12.5. The van der Waals surface area contributed by atoms with Crippen LogP contribution >= 0.6 is 0 Å². The third-order valence-electron chi connectivity index (χ3n) is 9.61. The van der Waals surface area contributed by atoms with Crippen LogP contribution in [0, 0.1) is 0 Å². The average Bonchev–Trinajstić information content (AvgIpc) is 3.21. The minimum absolute atomic E-state index is 0.104. The van der Waals surface area contributed by atoms with Crippen molar-refractivity contribution in [2.45, 2.75) is 63.8 Å². The Kier molecular flexibility index (Phi) is 13.9. The molecule has 4 N–H and O–H groups in total. The van der Waals surface area contributed by atoms with Crippen LogP contribution in [0.2, 0.25) is 0 Å². The molecule has 4 atom stereocenters. The van der Waals surface area contributed by atoms with Crippen molar-refractivity contribution in [2.24, 2.45) is 0 Å². The predicted octanol–water partition coefficient (Wildman–Crippen LogP) is 6.00. The van der Waals surface area contributed by atoms with E-state index in [0.29, 0.717) is 47.1 Å². The zero-order valence-electron chi connectivity index (χ0n) is 31.6. The Morgan fingerprint density at radius 3 is 1.46 bits per heavy atom. The highest BCUT2D eigenvalue weighted by atomic mass is 16.6. The zero-order valence-corrected chi connectivity index (χ0v) is 31.6. The van der Waals surface area contributed by atoms with E-state index >= 15 is 0 Å². The number of hydrogen-bond donors (Lipinski definition) is 4. The fourth-order valence-corrected chi connectivity index (χ4v) is 6.41. The minimum Gasteiger partial charge on any atom is -0.482 e. The molecule has 0 spiro atoms. The van der Waals surface area contributed by atoms with E-state index in [2.05, 4.69) is 59.4 Å². The van der Waals surface area contributed by atoms with E-state index in [1.807, 2.05) is 36.4 Å². The van der Waals surface area contributed by atoms with Crippen LogP contribution in [0.15, 0.2) is 109 Å². The van der Waals surface area contributed by atoms with Gasteiger partial charge in [0.25, 0.3) is 11.8 Å². The largest absolute Gasteiger partial charge is 0.482 e. The van der Waals surface area contributed by atoms with Crippen molar-refractivity contribution >= 4 is 35.1 Å². The van der Waals surface area contributed by atoms with Gasteiger partial charge in [0.2, 0.25) is 0 Å². The van der Waals surface area contributed by atoms with Gasteiger partial charge in [-0.15, -0.1) is 0 Å². The number of benzene rings is 4. The fourth-order valence-electron chi connectivity index (χ4n) is 6.41. The van der Waals surface area contributed by atoms with Gasteiger partial charge in [-0.25, -0.2) is 9.59 Å². The Morgan fingerprint density at radius 2 is 1.05 bits per heavy atom. The van der Waals surface area contributed by atoms with Crippen LogP contribution in [-0.4, -0.2) is 62.1 Å². The molecule has 2 heterocycles. The summed E-state index contributed by atoms with van der Waals surface area (Å²) in [6.45, 7) is 4.51. The molecule has 56 heavy (non-hydrogen) atoms. The molecule has 0 fully saturated rings. The van der Waals surface area contributed by atoms with Gasteiger partial charge in [0.05, 0.1) is 11.4 Å². The first-order valence-electron chi connectivity index (χ1n) is 19.0. The van der Waals surface area contributed by atoms with E-state index < -0.39 is 24.1 Å². The number of nitrogens with one attached hydrogen (secondary N) is 4. The van der Waals surface area contributed by atoms with Gasteiger partial charge < -0.3 is 40.2 Å². The summed E-state index contributed by atoms with van der Waals surface area (Å²) in [6.07, 6.45) is 4.14. The van der Waals surface area contributed by atoms with Gasteiger partial charge in [0.15, 0.2) is 13.2 Å². The second kappa shape index (κ2) is 19.6. The lowest BCUT2D eigenvalue weighted by atomic mass is 10.0. The van der Waals surface area contributed by atoms with Crippen LogP contribution < -0.4 is 30.7 Å². The Balaban J connectivity index is 1.10. The van der Waals surface area contributed by atoms with Crippen molar-refractivity contribution < 1.29 is 38.1 Å². The summed E-state index contributed by atoms with van der Waals surface area (Å²) in [5.74, 6) is -1.02. The number of anilines is 2. The number of rotatable bonds is 18. The number of aryl methyl sites for hydroxylation is 2. The zero-order chi connectivity index (χ0) is 39.3. The monoisotopic (exact) mass is 760 g/mol. The smallest absolute Gasteiger partial charge is 0.331 e. The normalized spacial score (nSPS) is 15.5. The van der Waals surface area contributed by atoms with Crippen molar-refractivity contribution in [1.82, 2.24) is 10.6 Å². The van der Waals surface area contributed by atoms with Crippen LogP contribution in [0.4, 0.5) is 11.4 Å². The van der Waals surface area contributed by atoms with Crippen molar-refractivity contribution in [2.75, 3.05) is 36.9 Å². The van der Waals surface area contributed by atoms with Gasteiger partial charge in [0.1, 0.15) is 23.7 Å². The number of carbonyl (C=O) groups excluding carboxylic acids is 4.